The zero-order chi connectivity index (χ0) is 22.0. The first-order valence-corrected chi connectivity index (χ1v) is 9.71. The van der Waals surface area contributed by atoms with Crippen LogP contribution >= 0.6 is 11.6 Å². The highest BCUT2D eigenvalue weighted by Gasteiger charge is 2.25. The fourth-order valence-electron chi connectivity index (χ4n) is 3.24. The Bertz CT molecular complexity index is 1150. The van der Waals surface area contributed by atoms with Crippen LogP contribution in [0.4, 0.5) is 11.6 Å². The Kier molecular flexibility index (Phi) is 8.01. The molecule has 12 heteroatoms. The van der Waals surface area contributed by atoms with Crippen LogP contribution in [-0.2, 0) is 24.9 Å². The minimum atomic E-state index is -0.526. The molecule has 1 amide bonds. The van der Waals surface area contributed by atoms with Crippen molar-refractivity contribution in [2.24, 2.45) is 7.05 Å². The van der Waals surface area contributed by atoms with Crippen LogP contribution in [-0.4, -0.2) is 33.0 Å². The zero-order valence-corrected chi connectivity index (χ0v) is 20.2. The highest BCUT2D eigenvalue weighted by atomic mass is 127. The van der Waals surface area contributed by atoms with Gasteiger partial charge in [0.1, 0.15) is 6.54 Å². The molecule has 3 aromatic rings. The van der Waals surface area contributed by atoms with Gasteiger partial charge in [-0.3, -0.25) is 4.79 Å². The highest BCUT2D eigenvalue weighted by molar-refractivity contribution is 6.31. The predicted octanol–water partition coefficient (Wildman–Crippen LogP) is -1.80. The van der Waals surface area contributed by atoms with Crippen molar-refractivity contribution >= 4 is 46.1 Å². The zero-order valence-electron chi connectivity index (χ0n) is 17.3. The number of halogens is 2. The number of carbonyl (C=O) groups excluding carboxylic acids is 2. The molecule has 0 radical (unpaired) electrons. The number of fused-ring (bicyclic) bond motifs is 1. The van der Waals surface area contributed by atoms with E-state index in [1.54, 1.807) is 19.1 Å². The lowest BCUT2D eigenvalue weighted by Gasteiger charge is -2.07. The molecule has 0 bridgehead atoms. The second-order valence-electron chi connectivity index (χ2n) is 6.46. The maximum atomic E-state index is 12.6. The number of imidazole rings is 1. The number of ether oxygens (including phenoxy) is 1. The van der Waals surface area contributed by atoms with Gasteiger partial charge in [-0.1, -0.05) is 11.6 Å². The van der Waals surface area contributed by atoms with Crippen LogP contribution in [0.1, 0.15) is 40.5 Å². The Morgan fingerprint density at radius 1 is 1.23 bits per heavy atom. The standard InChI is InChI=1S/C19H22ClN7O3.HI/c1-4-27-11-7-6-10(19(29)30-5-2)8-12(11)26(3)13(27)9-23-18(28)14-16(21)25-17(22)15(20)24-14;/h6-8H,4-5,9H2,1-3H3,(H4-,21,22,23,25,28);1H. The van der Waals surface area contributed by atoms with Crippen LogP contribution in [0.5, 0.6) is 0 Å². The van der Waals surface area contributed by atoms with Crippen LogP contribution in [0.25, 0.3) is 11.0 Å². The van der Waals surface area contributed by atoms with E-state index in [0.29, 0.717) is 18.7 Å². The molecule has 5 N–H and O–H groups in total. The van der Waals surface area contributed by atoms with E-state index in [1.165, 1.54) is 0 Å². The number of amides is 1. The third-order valence-electron chi connectivity index (χ3n) is 4.68. The van der Waals surface area contributed by atoms with Crippen molar-refractivity contribution in [1.82, 2.24) is 19.9 Å². The van der Waals surface area contributed by atoms with Crippen molar-refractivity contribution in [3.05, 3.63) is 40.4 Å². The highest BCUT2D eigenvalue weighted by Crippen LogP contribution is 2.19. The number of carbonyl (C=O) groups is 2. The predicted molar refractivity (Wildman–Crippen MR) is 112 cm³/mol. The summed E-state index contributed by atoms with van der Waals surface area (Å²) in [6, 6.07) is 5.36. The molecule has 1 aromatic carbocycles. The molecule has 2 aromatic heterocycles. The Labute approximate surface area is 200 Å². The monoisotopic (exact) mass is 559 g/mol. The molecule has 10 nitrogen and oxygen atoms in total. The third kappa shape index (κ3) is 4.82. The lowest BCUT2D eigenvalue weighted by Crippen LogP contribution is -3.00. The van der Waals surface area contributed by atoms with Crippen molar-refractivity contribution in [2.75, 3.05) is 18.1 Å². The molecule has 166 valence electrons. The van der Waals surface area contributed by atoms with Gasteiger partial charge in [-0.25, -0.2) is 23.9 Å². The number of aromatic nitrogens is 4. The van der Waals surface area contributed by atoms with Crippen LogP contribution < -0.4 is 45.3 Å². The smallest absolute Gasteiger partial charge is 0.338 e. The molecule has 0 spiro atoms. The Morgan fingerprint density at radius 2 is 1.94 bits per heavy atom. The van der Waals surface area contributed by atoms with Gasteiger partial charge in [-0.05, 0) is 26.0 Å². The molecule has 0 fully saturated rings. The summed E-state index contributed by atoms with van der Waals surface area (Å²) in [6.45, 7) is 4.91. The molecule has 0 unspecified atom stereocenters. The number of benzene rings is 1. The number of aryl methyl sites for hydroxylation is 2. The van der Waals surface area contributed by atoms with E-state index in [1.807, 2.05) is 29.2 Å². The summed E-state index contributed by atoms with van der Waals surface area (Å²) in [5.41, 5.74) is 13.4. The second kappa shape index (κ2) is 10.1. The van der Waals surface area contributed by atoms with E-state index in [0.717, 1.165) is 16.9 Å². The number of hydrogen-bond acceptors (Lipinski definition) is 7. The van der Waals surface area contributed by atoms with Gasteiger partial charge < -0.3 is 45.5 Å². The summed E-state index contributed by atoms with van der Waals surface area (Å²) >= 11 is 5.86. The summed E-state index contributed by atoms with van der Waals surface area (Å²) in [6.07, 6.45) is 0. The quantitative estimate of drug-likeness (QED) is 0.184. The molecule has 0 aliphatic heterocycles. The lowest BCUT2D eigenvalue weighted by atomic mass is 10.2. The minimum Gasteiger partial charge on any atom is -1.00 e. The van der Waals surface area contributed by atoms with Gasteiger partial charge in [0.05, 0.1) is 25.8 Å². The number of hydrogen-bond donors (Lipinski definition) is 3. The van der Waals surface area contributed by atoms with Gasteiger partial charge in [0.25, 0.3) is 11.7 Å². The topological polar surface area (TPSA) is 142 Å². The van der Waals surface area contributed by atoms with Gasteiger partial charge >= 0.3 is 5.97 Å². The summed E-state index contributed by atoms with van der Waals surface area (Å²) in [5, 5.41) is 2.69. The lowest BCUT2D eigenvalue weighted by molar-refractivity contribution is -0.654. The van der Waals surface area contributed by atoms with E-state index in [4.69, 9.17) is 27.8 Å². The second-order valence-corrected chi connectivity index (χ2v) is 6.82. The number of nitrogen functional groups attached to an aromatic ring is 2. The van der Waals surface area contributed by atoms with Crippen molar-refractivity contribution < 1.29 is 42.9 Å². The Hall–Kier alpha value is -2.67. The molecule has 3 rings (SSSR count). The molecule has 2 heterocycles. The summed E-state index contributed by atoms with van der Waals surface area (Å²) in [5.74, 6) is -0.237. The molecular weight excluding hydrogens is 537 g/mol. The van der Waals surface area contributed by atoms with Crippen LogP contribution in [0.2, 0.25) is 5.15 Å². The Balaban J connectivity index is 0.00000341. The summed E-state index contributed by atoms with van der Waals surface area (Å²) in [7, 11) is 1.86. The largest absolute Gasteiger partial charge is 1.00 e. The number of rotatable bonds is 6. The molecule has 0 aliphatic carbocycles. The van der Waals surface area contributed by atoms with Crippen LogP contribution in [0.15, 0.2) is 18.2 Å². The van der Waals surface area contributed by atoms with Crippen LogP contribution in [0.3, 0.4) is 0 Å². The van der Waals surface area contributed by atoms with Gasteiger partial charge in [-0.2, -0.15) is 0 Å². The Morgan fingerprint density at radius 3 is 2.58 bits per heavy atom. The molecule has 0 saturated carbocycles. The van der Waals surface area contributed by atoms with Crippen molar-refractivity contribution in [3.8, 4) is 0 Å². The summed E-state index contributed by atoms with van der Waals surface area (Å²) < 4.78 is 9.03. The first-order chi connectivity index (χ1) is 14.3. The molecule has 0 aliphatic rings. The van der Waals surface area contributed by atoms with Crippen LogP contribution in [0, 0.1) is 0 Å². The molecule has 0 saturated heterocycles. The number of nitrogens with two attached hydrogens (primary N) is 2. The summed E-state index contributed by atoms with van der Waals surface area (Å²) in [4.78, 5) is 32.4. The third-order valence-corrected chi connectivity index (χ3v) is 4.96. The number of esters is 1. The van der Waals surface area contributed by atoms with Gasteiger partial charge in [0.2, 0.25) is 0 Å². The van der Waals surface area contributed by atoms with Crippen molar-refractivity contribution in [3.63, 3.8) is 0 Å². The maximum Gasteiger partial charge on any atom is 0.338 e. The van der Waals surface area contributed by atoms with Gasteiger partial charge in [-0.15, -0.1) is 0 Å². The van der Waals surface area contributed by atoms with Crippen molar-refractivity contribution in [2.45, 2.75) is 26.9 Å². The van der Waals surface area contributed by atoms with E-state index in [9.17, 15) is 9.59 Å². The van der Waals surface area contributed by atoms with E-state index in [2.05, 4.69) is 15.3 Å². The number of nitrogens with one attached hydrogen (secondary N) is 1. The minimum absolute atomic E-state index is 0. The first kappa shape index (κ1) is 24.6. The van der Waals surface area contributed by atoms with E-state index < -0.39 is 5.91 Å². The number of anilines is 2. The fraction of sp³-hybridized carbons (Fsp3) is 0.316. The maximum absolute atomic E-state index is 12.6. The van der Waals surface area contributed by atoms with Gasteiger partial charge in [0, 0.05) is 6.07 Å². The average Bonchev–Trinajstić information content (AvgIpc) is 2.99. The normalized spacial score (nSPS) is 10.6. The van der Waals surface area contributed by atoms with Crippen molar-refractivity contribution in [1.29, 1.82) is 0 Å². The van der Waals surface area contributed by atoms with E-state index in [-0.39, 0.29) is 59.0 Å². The molecular formula is C19H23ClIN7O3. The molecule has 31 heavy (non-hydrogen) atoms. The SMILES string of the molecule is CCOC(=O)c1ccc2c(c1)[n+](C)c(CNC(=O)c1nc(Cl)c(N)nc1N)n2CC.[I-]. The number of nitrogens with zero attached hydrogens (tertiary/aromatic N) is 4. The van der Waals surface area contributed by atoms with Gasteiger partial charge in [0.15, 0.2) is 33.5 Å². The fourth-order valence-corrected chi connectivity index (χ4v) is 3.37. The average molecular weight is 560 g/mol. The first-order valence-electron chi connectivity index (χ1n) is 9.33. The molecule has 0 atom stereocenters. The van der Waals surface area contributed by atoms with E-state index >= 15 is 0 Å².